The van der Waals surface area contributed by atoms with Gasteiger partial charge in [0.1, 0.15) is 0 Å². The maximum atomic E-state index is 9.89. The van der Waals surface area contributed by atoms with Crippen LogP contribution in [0.3, 0.4) is 0 Å². The van der Waals surface area contributed by atoms with Crippen molar-refractivity contribution in [2.75, 3.05) is 18.0 Å². The van der Waals surface area contributed by atoms with Crippen molar-refractivity contribution in [3.63, 3.8) is 0 Å². The molecule has 2 nitrogen and oxygen atoms in total. The Morgan fingerprint density at radius 2 is 1.89 bits per heavy atom. The number of rotatable bonds is 2. The number of benzene rings is 1. The Labute approximate surface area is 118 Å². The second-order valence-electron chi connectivity index (χ2n) is 6.03. The van der Waals surface area contributed by atoms with Crippen LogP contribution in [-0.4, -0.2) is 18.2 Å². The SMILES string of the molecule is CC(O)c1ccc(Br)cc1N1CCC(C)(C)CC1. The lowest BCUT2D eigenvalue weighted by atomic mass is 9.82. The zero-order chi connectivity index (χ0) is 13.3. The summed E-state index contributed by atoms with van der Waals surface area (Å²) in [5, 5.41) is 9.89. The maximum absolute atomic E-state index is 9.89. The van der Waals surface area contributed by atoms with E-state index >= 15 is 0 Å². The fraction of sp³-hybridized carbons (Fsp3) is 0.600. The lowest BCUT2D eigenvalue weighted by Crippen LogP contribution is -2.37. The fourth-order valence-electron chi connectivity index (χ4n) is 2.50. The number of halogens is 1. The van der Waals surface area contributed by atoms with Crippen LogP contribution < -0.4 is 4.90 Å². The molecule has 3 heteroatoms. The normalized spacial score (nSPS) is 20.8. The minimum Gasteiger partial charge on any atom is -0.389 e. The van der Waals surface area contributed by atoms with E-state index in [1.807, 2.05) is 19.1 Å². The lowest BCUT2D eigenvalue weighted by molar-refractivity contribution is 0.199. The van der Waals surface area contributed by atoms with E-state index in [0.29, 0.717) is 5.41 Å². The lowest BCUT2D eigenvalue weighted by Gasteiger charge is -2.39. The molecule has 0 radical (unpaired) electrons. The van der Waals surface area contributed by atoms with Gasteiger partial charge in [-0.3, -0.25) is 0 Å². The summed E-state index contributed by atoms with van der Waals surface area (Å²) >= 11 is 3.53. The molecule has 18 heavy (non-hydrogen) atoms. The molecule has 1 N–H and O–H groups in total. The molecule has 0 aliphatic carbocycles. The van der Waals surface area contributed by atoms with Crippen molar-refractivity contribution in [3.05, 3.63) is 28.2 Å². The van der Waals surface area contributed by atoms with Gasteiger partial charge in [0.05, 0.1) is 6.10 Å². The van der Waals surface area contributed by atoms with E-state index < -0.39 is 6.10 Å². The molecule has 1 aliphatic heterocycles. The third kappa shape index (κ3) is 3.07. The fourth-order valence-corrected chi connectivity index (χ4v) is 2.85. The Morgan fingerprint density at radius 3 is 2.44 bits per heavy atom. The predicted octanol–water partition coefficient (Wildman–Crippen LogP) is 4.13. The molecular formula is C15H22BrNO. The first-order chi connectivity index (χ1) is 8.39. The molecule has 2 rings (SSSR count). The van der Waals surface area contributed by atoms with Crippen LogP contribution >= 0.6 is 15.9 Å². The highest BCUT2D eigenvalue weighted by molar-refractivity contribution is 9.10. The van der Waals surface area contributed by atoms with Crippen molar-refractivity contribution in [1.29, 1.82) is 0 Å². The topological polar surface area (TPSA) is 23.5 Å². The van der Waals surface area contributed by atoms with Gasteiger partial charge >= 0.3 is 0 Å². The summed E-state index contributed by atoms with van der Waals surface area (Å²) in [4.78, 5) is 2.40. The summed E-state index contributed by atoms with van der Waals surface area (Å²) < 4.78 is 1.08. The second-order valence-corrected chi connectivity index (χ2v) is 6.95. The Morgan fingerprint density at radius 1 is 1.28 bits per heavy atom. The minimum atomic E-state index is -0.414. The molecule has 0 saturated carbocycles. The Hall–Kier alpha value is -0.540. The number of anilines is 1. The third-order valence-electron chi connectivity index (χ3n) is 3.90. The van der Waals surface area contributed by atoms with Gasteiger partial charge in [0.2, 0.25) is 0 Å². The second kappa shape index (κ2) is 5.22. The molecule has 0 spiro atoms. The Balaban J connectivity index is 2.25. The smallest absolute Gasteiger partial charge is 0.0782 e. The van der Waals surface area contributed by atoms with Crippen molar-refractivity contribution in [2.24, 2.45) is 5.41 Å². The first-order valence-corrected chi connectivity index (χ1v) is 7.41. The summed E-state index contributed by atoms with van der Waals surface area (Å²) in [5.41, 5.74) is 2.65. The van der Waals surface area contributed by atoms with Crippen molar-refractivity contribution >= 4 is 21.6 Å². The highest BCUT2D eigenvalue weighted by atomic mass is 79.9. The highest BCUT2D eigenvalue weighted by Gasteiger charge is 2.26. The van der Waals surface area contributed by atoms with Gasteiger partial charge in [0.25, 0.3) is 0 Å². The van der Waals surface area contributed by atoms with Gasteiger partial charge in [-0.1, -0.05) is 35.8 Å². The van der Waals surface area contributed by atoms with Gasteiger partial charge in [-0.05, 0) is 37.3 Å². The van der Waals surface area contributed by atoms with E-state index in [1.54, 1.807) is 0 Å². The van der Waals surface area contributed by atoms with Crippen LogP contribution in [0.25, 0.3) is 0 Å². The van der Waals surface area contributed by atoms with E-state index in [-0.39, 0.29) is 0 Å². The summed E-state index contributed by atoms with van der Waals surface area (Å²) in [7, 11) is 0. The van der Waals surface area contributed by atoms with Gasteiger partial charge in [-0.25, -0.2) is 0 Å². The summed E-state index contributed by atoms with van der Waals surface area (Å²) in [6, 6.07) is 6.14. The molecule has 0 amide bonds. The maximum Gasteiger partial charge on any atom is 0.0782 e. The van der Waals surface area contributed by atoms with E-state index in [0.717, 1.165) is 23.1 Å². The minimum absolute atomic E-state index is 0.414. The van der Waals surface area contributed by atoms with E-state index in [9.17, 15) is 5.11 Å². The molecule has 1 atom stereocenters. The van der Waals surface area contributed by atoms with Crippen LogP contribution in [0.15, 0.2) is 22.7 Å². The van der Waals surface area contributed by atoms with E-state index in [1.165, 1.54) is 18.5 Å². The summed E-state index contributed by atoms with van der Waals surface area (Å²) in [6.07, 6.45) is 2.00. The number of aliphatic hydroxyl groups is 1. The van der Waals surface area contributed by atoms with Crippen molar-refractivity contribution in [1.82, 2.24) is 0 Å². The molecule has 1 unspecified atom stereocenters. The molecule has 1 heterocycles. The zero-order valence-electron chi connectivity index (χ0n) is 11.4. The monoisotopic (exact) mass is 311 g/mol. The predicted molar refractivity (Wildman–Crippen MR) is 80.0 cm³/mol. The number of hydrogen-bond donors (Lipinski definition) is 1. The summed E-state index contributed by atoms with van der Waals surface area (Å²) in [6.45, 7) is 8.65. The zero-order valence-corrected chi connectivity index (χ0v) is 13.0. The first kappa shape index (κ1) is 13.9. The van der Waals surface area contributed by atoms with Crippen LogP contribution in [0.1, 0.15) is 45.3 Å². The number of hydrogen-bond acceptors (Lipinski definition) is 2. The Kier molecular flexibility index (Phi) is 4.02. The molecule has 0 aromatic heterocycles. The average Bonchev–Trinajstić information content (AvgIpc) is 2.28. The average molecular weight is 312 g/mol. The molecule has 1 saturated heterocycles. The molecular weight excluding hydrogens is 290 g/mol. The largest absolute Gasteiger partial charge is 0.389 e. The molecule has 100 valence electrons. The van der Waals surface area contributed by atoms with Crippen LogP contribution in [0, 0.1) is 5.41 Å². The van der Waals surface area contributed by atoms with Crippen LogP contribution in [0.2, 0.25) is 0 Å². The van der Waals surface area contributed by atoms with Gasteiger partial charge in [0, 0.05) is 28.8 Å². The number of nitrogens with zero attached hydrogens (tertiary/aromatic N) is 1. The number of aliphatic hydroxyl groups excluding tert-OH is 1. The molecule has 0 bridgehead atoms. The van der Waals surface area contributed by atoms with E-state index in [4.69, 9.17) is 0 Å². The number of piperidine rings is 1. The van der Waals surface area contributed by atoms with Crippen LogP contribution in [0.4, 0.5) is 5.69 Å². The quantitative estimate of drug-likeness (QED) is 0.887. The molecule has 1 fully saturated rings. The first-order valence-electron chi connectivity index (χ1n) is 6.61. The molecule has 1 aromatic rings. The van der Waals surface area contributed by atoms with Gasteiger partial charge in [-0.15, -0.1) is 0 Å². The summed E-state index contributed by atoms with van der Waals surface area (Å²) in [5.74, 6) is 0. The Bertz CT molecular complexity index is 419. The van der Waals surface area contributed by atoms with Gasteiger partial charge in [0.15, 0.2) is 0 Å². The standard InChI is InChI=1S/C15H22BrNO/c1-11(18)13-5-4-12(16)10-14(13)17-8-6-15(2,3)7-9-17/h4-5,10-11,18H,6-9H2,1-3H3. The van der Waals surface area contributed by atoms with Gasteiger partial charge in [-0.2, -0.15) is 0 Å². The van der Waals surface area contributed by atoms with Crippen molar-refractivity contribution in [3.8, 4) is 0 Å². The third-order valence-corrected chi connectivity index (χ3v) is 4.39. The van der Waals surface area contributed by atoms with Gasteiger partial charge < -0.3 is 10.0 Å². The van der Waals surface area contributed by atoms with Crippen LogP contribution in [0.5, 0.6) is 0 Å². The van der Waals surface area contributed by atoms with Crippen molar-refractivity contribution < 1.29 is 5.11 Å². The molecule has 1 aromatic carbocycles. The van der Waals surface area contributed by atoms with E-state index in [2.05, 4.69) is 40.7 Å². The van der Waals surface area contributed by atoms with Crippen LogP contribution in [-0.2, 0) is 0 Å². The highest BCUT2D eigenvalue weighted by Crippen LogP contribution is 2.36. The van der Waals surface area contributed by atoms with Crippen molar-refractivity contribution in [2.45, 2.75) is 39.7 Å². The molecule has 1 aliphatic rings.